The van der Waals surface area contributed by atoms with Crippen molar-refractivity contribution in [3.8, 4) is 0 Å². The lowest BCUT2D eigenvalue weighted by Crippen LogP contribution is -2.05. The lowest BCUT2D eigenvalue weighted by molar-refractivity contribution is 0.0813. The van der Waals surface area contributed by atoms with E-state index in [1.165, 1.54) is 11.1 Å². The minimum absolute atomic E-state index is 0.326. The zero-order valence-corrected chi connectivity index (χ0v) is 9.86. The smallest absolute Gasteiger partial charge is 0.0519 e. The summed E-state index contributed by atoms with van der Waals surface area (Å²) in [5.41, 5.74) is 2.59. The van der Waals surface area contributed by atoms with Crippen molar-refractivity contribution < 1.29 is 4.74 Å². The quantitative estimate of drug-likeness (QED) is 0.710. The summed E-state index contributed by atoms with van der Waals surface area (Å²) in [4.78, 5) is 0. The molecule has 82 valence electrons. The first-order valence-electron chi connectivity index (χ1n) is 5.55. The first kappa shape index (κ1) is 12.0. The van der Waals surface area contributed by atoms with Crippen LogP contribution in [0.3, 0.4) is 0 Å². The molecule has 15 heavy (non-hydrogen) atoms. The average molecular weight is 204 g/mol. The summed E-state index contributed by atoms with van der Waals surface area (Å²) < 4.78 is 5.51. The summed E-state index contributed by atoms with van der Waals surface area (Å²) in [7, 11) is 0. The SMILES string of the molecule is C/C=C/c1ccc(CCOC(C)C)cc1. The number of ether oxygens (including phenoxy) is 1. The molecule has 1 heteroatoms. The number of rotatable bonds is 5. The van der Waals surface area contributed by atoms with Crippen molar-refractivity contribution in [2.75, 3.05) is 6.61 Å². The van der Waals surface area contributed by atoms with Gasteiger partial charge in [0.25, 0.3) is 0 Å². The van der Waals surface area contributed by atoms with Crippen LogP contribution < -0.4 is 0 Å². The maximum atomic E-state index is 5.51. The Balaban J connectivity index is 2.42. The van der Waals surface area contributed by atoms with Crippen molar-refractivity contribution in [2.24, 2.45) is 0 Å². The van der Waals surface area contributed by atoms with Gasteiger partial charge in [-0.1, -0.05) is 36.4 Å². The van der Waals surface area contributed by atoms with Gasteiger partial charge in [-0.05, 0) is 38.3 Å². The van der Waals surface area contributed by atoms with Crippen LogP contribution in [-0.2, 0) is 11.2 Å². The Bertz CT molecular complexity index is 296. The van der Waals surface area contributed by atoms with Crippen molar-refractivity contribution in [1.29, 1.82) is 0 Å². The number of hydrogen-bond donors (Lipinski definition) is 0. The fraction of sp³-hybridized carbons (Fsp3) is 0.429. The molecule has 0 bridgehead atoms. The molecule has 1 aromatic carbocycles. The molecule has 0 heterocycles. The van der Waals surface area contributed by atoms with Crippen LogP contribution >= 0.6 is 0 Å². The van der Waals surface area contributed by atoms with Crippen LogP contribution in [0.4, 0.5) is 0 Å². The van der Waals surface area contributed by atoms with E-state index in [1.54, 1.807) is 0 Å². The monoisotopic (exact) mass is 204 g/mol. The Morgan fingerprint density at radius 2 is 1.87 bits per heavy atom. The van der Waals surface area contributed by atoms with Crippen molar-refractivity contribution in [1.82, 2.24) is 0 Å². The van der Waals surface area contributed by atoms with Crippen LogP contribution in [0, 0.1) is 0 Å². The van der Waals surface area contributed by atoms with Gasteiger partial charge in [0.2, 0.25) is 0 Å². The zero-order valence-electron chi connectivity index (χ0n) is 9.86. The number of benzene rings is 1. The molecule has 0 radical (unpaired) electrons. The van der Waals surface area contributed by atoms with Crippen molar-refractivity contribution >= 4 is 6.08 Å². The summed E-state index contributed by atoms with van der Waals surface area (Å²) in [5.74, 6) is 0. The Morgan fingerprint density at radius 3 is 2.40 bits per heavy atom. The fourth-order valence-corrected chi connectivity index (χ4v) is 1.40. The lowest BCUT2D eigenvalue weighted by atomic mass is 10.1. The minimum atomic E-state index is 0.326. The average Bonchev–Trinajstić information content (AvgIpc) is 2.20. The molecule has 0 saturated carbocycles. The molecular weight excluding hydrogens is 184 g/mol. The van der Waals surface area contributed by atoms with Gasteiger partial charge >= 0.3 is 0 Å². The van der Waals surface area contributed by atoms with Gasteiger partial charge in [-0.3, -0.25) is 0 Å². The first-order valence-corrected chi connectivity index (χ1v) is 5.55. The second kappa shape index (κ2) is 6.41. The summed E-state index contributed by atoms with van der Waals surface area (Å²) >= 11 is 0. The standard InChI is InChI=1S/C14H20O/c1-4-5-13-6-8-14(9-7-13)10-11-15-12(2)3/h4-9,12H,10-11H2,1-3H3/b5-4+. The molecular formula is C14H20O. The Labute approximate surface area is 92.8 Å². The summed E-state index contributed by atoms with van der Waals surface area (Å²) in [5, 5.41) is 0. The lowest BCUT2D eigenvalue weighted by Gasteiger charge is -2.07. The third-order valence-electron chi connectivity index (χ3n) is 2.18. The minimum Gasteiger partial charge on any atom is -0.378 e. The maximum Gasteiger partial charge on any atom is 0.0519 e. The molecule has 0 aromatic heterocycles. The normalized spacial score (nSPS) is 11.5. The van der Waals surface area contributed by atoms with E-state index in [9.17, 15) is 0 Å². The van der Waals surface area contributed by atoms with E-state index in [1.807, 2.05) is 6.92 Å². The molecule has 0 aliphatic heterocycles. The third-order valence-corrected chi connectivity index (χ3v) is 2.18. The molecule has 0 spiro atoms. The van der Waals surface area contributed by atoms with Crippen molar-refractivity contribution in [3.05, 3.63) is 41.5 Å². The Kier molecular flexibility index (Phi) is 5.13. The summed E-state index contributed by atoms with van der Waals surface area (Å²) in [6, 6.07) is 8.62. The van der Waals surface area contributed by atoms with Crippen LogP contribution in [0.25, 0.3) is 6.08 Å². The molecule has 1 rings (SSSR count). The van der Waals surface area contributed by atoms with Crippen LogP contribution in [0.2, 0.25) is 0 Å². The predicted molar refractivity (Wildman–Crippen MR) is 65.9 cm³/mol. The van der Waals surface area contributed by atoms with Gasteiger partial charge in [-0.25, -0.2) is 0 Å². The zero-order chi connectivity index (χ0) is 11.1. The van der Waals surface area contributed by atoms with E-state index in [2.05, 4.69) is 50.3 Å². The van der Waals surface area contributed by atoms with Crippen LogP contribution in [0.1, 0.15) is 31.9 Å². The largest absolute Gasteiger partial charge is 0.378 e. The molecule has 0 N–H and O–H groups in total. The highest BCUT2D eigenvalue weighted by molar-refractivity contribution is 5.49. The summed E-state index contributed by atoms with van der Waals surface area (Å²) in [6.45, 7) is 6.97. The van der Waals surface area contributed by atoms with Gasteiger partial charge in [-0.15, -0.1) is 0 Å². The van der Waals surface area contributed by atoms with E-state index in [0.29, 0.717) is 6.10 Å². The number of hydrogen-bond acceptors (Lipinski definition) is 1. The van der Waals surface area contributed by atoms with Gasteiger partial charge in [-0.2, -0.15) is 0 Å². The van der Waals surface area contributed by atoms with Crippen LogP contribution in [0.5, 0.6) is 0 Å². The molecule has 0 atom stereocenters. The molecule has 1 nitrogen and oxygen atoms in total. The topological polar surface area (TPSA) is 9.23 Å². The number of allylic oxidation sites excluding steroid dienone is 1. The molecule has 0 fully saturated rings. The van der Waals surface area contributed by atoms with Gasteiger partial charge < -0.3 is 4.74 Å². The van der Waals surface area contributed by atoms with Gasteiger partial charge in [0.1, 0.15) is 0 Å². The van der Waals surface area contributed by atoms with Gasteiger partial charge in [0.15, 0.2) is 0 Å². The first-order chi connectivity index (χ1) is 7.22. The van der Waals surface area contributed by atoms with Crippen molar-refractivity contribution in [2.45, 2.75) is 33.3 Å². The molecule has 0 unspecified atom stereocenters. The second-order valence-electron chi connectivity index (χ2n) is 3.91. The third kappa shape index (κ3) is 4.80. The molecule has 1 aromatic rings. The van der Waals surface area contributed by atoms with Crippen molar-refractivity contribution in [3.63, 3.8) is 0 Å². The molecule has 0 amide bonds. The fourth-order valence-electron chi connectivity index (χ4n) is 1.40. The highest BCUT2D eigenvalue weighted by atomic mass is 16.5. The Morgan fingerprint density at radius 1 is 1.20 bits per heavy atom. The van der Waals surface area contributed by atoms with Gasteiger partial charge in [0.05, 0.1) is 12.7 Å². The van der Waals surface area contributed by atoms with Gasteiger partial charge in [0, 0.05) is 0 Å². The molecule has 0 aliphatic carbocycles. The predicted octanol–water partition coefficient (Wildman–Crippen LogP) is 3.69. The maximum absolute atomic E-state index is 5.51. The Hall–Kier alpha value is -1.08. The van der Waals surface area contributed by atoms with E-state index in [-0.39, 0.29) is 0 Å². The van der Waals surface area contributed by atoms with E-state index >= 15 is 0 Å². The van der Waals surface area contributed by atoms with E-state index in [4.69, 9.17) is 4.74 Å². The summed E-state index contributed by atoms with van der Waals surface area (Å²) in [6.07, 6.45) is 5.48. The van der Waals surface area contributed by atoms with Crippen LogP contribution in [-0.4, -0.2) is 12.7 Å². The highest BCUT2D eigenvalue weighted by Crippen LogP contribution is 2.07. The highest BCUT2D eigenvalue weighted by Gasteiger charge is 1.95. The molecule has 0 aliphatic rings. The van der Waals surface area contributed by atoms with E-state index in [0.717, 1.165) is 13.0 Å². The molecule has 0 saturated heterocycles. The van der Waals surface area contributed by atoms with E-state index < -0.39 is 0 Å². The van der Waals surface area contributed by atoms with Crippen LogP contribution in [0.15, 0.2) is 30.3 Å². The second-order valence-corrected chi connectivity index (χ2v) is 3.91.